The minimum atomic E-state index is -1.02. The first-order chi connectivity index (χ1) is 5.99. The van der Waals surface area contributed by atoms with Gasteiger partial charge in [0.25, 0.3) is 0 Å². The van der Waals surface area contributed by atoms with Crippen LogP contribution in [0.2, 0.25) is 0 Å². The van der Waals surface area contributed by atoms with E-state index in [9.17, 15) is 4.79 Å². The number of hydrogen-bond donors (Lipinski definition) is 0. The molecule has 13 heavy (non-hydrogen) atoms. The van der Waals surface area contributed by atoms with E-state index in [1.54, 1.807) is 13.0 Å². The lowest BCUT2D eigenvalue weighted by Crippen LogP contribution is -2.30. The molecule has 0 aliphatic rings. The number of nitrogens with zero attached hydrogens (tertiary/aromatic N) is 2. The molecule has 0 saturated heterocycles. The van der Waals surface area contributed by atoms with Crippen LogP contribution in [0.3, 0.4) is 0 Å². The largest absolute Gasteiger partial charge is 0.465 e. The van der Waals surface area contributed by atoms with Crippen LogP contribution < -0.4 is 0 Å². The fourth-order valence-corrected chi connectivity index (χ4v) is 0.799. The van der Waals surface area contributed by atoms with Crippen LogP contribution in [-0.4, -0.2) is 12.6 Å². The van der Waals surface area contributed by atoms with Gasteiger partial charge in [-0.3, -0.25) is 4.79 Å². The van der Waals surface area contributed by atoms with E-state index in [1.807, 2.05) is 6.07 Å². The van der Waals surface area contributed by atoms with Gasteiger partial charge in [0.2, 0.25) is 0 Å². The average molecular weight is 180 g/mol. The Hall–Kier alpha value is -1.55. The summed E-state index contributed by atoms with van der Waals surface area (Å²) in [5, 5.41) is 17.4. The van der Waals surface area contributed by atoms with Gasteiger partial charge in [0, 0.05) is 0 Å². The summed E-state index contributed by atoms with van der Waals surface area (Å²) < 4.78 is 4.67. The fourth-order valence-electron chi connectivity index (χ4n) is 0.799. The van der Waals surface area contributed by atoms with Gasteiger partial charge in [0.15, 0.2) is 5.92 Å². The molecule has 0 spiro atoms. The highest BCUT2D eigenvalue weighted by Gasteiger charge is 2.36. The summed E-state index contributed by atoms with van der Waals surface area (Å²) in [7, 11) is 0. The van der Waals surface area contributed by atoms with E-state index in [2.05, 4.69) is 4.74 Å². The Labute approximate surface area is 77.7 Å². The van der Waals surface area contributed by atoms with Crippen molar-refractivity contribution in [2.75, 3.05) is 6.61 Å². The molecule has 70 valence electrons. The van der Waals surface area contributed by atoms with E-state index in [0.717, 1.165) is 0 Å². The molecule has 4 nitrogen and oxygen atoms in total. The van der Waals surface area contributed by atoms with Gasteiger partial charge in [-0.15, -0.1) is 0 Å². The molecule has 0 aromatic carbocycles. The Morgan fingerprint density at radius 2 is 2.08 bits per heavy atom. The van der Waals surface area contributed by atoms with E-state index in [0.29, 0.717) is 0 Å². The van der Waals surface area contributed by atoms with Crippen molar-refractivity contribution in [2.24, 2.45) is 11.3 Å². The molecule has 0 bridgehead atoms. The maximum atomic E-state index is 11.2. The van der Waals surface area contributed by atoms with Crippen LogP contribution in [0.4, 0.5) is 0 Å². The first kappa shape index (κ1) is 11.4. The predicted molar refractivity (Wildman–Crippen MR) is 45.1 cm³/mol. The van der Waals surface area contributed by atoms with Gasteiger partial charge in [-0.25, -0.2) is 0 Å². The molecule has 0 aromatic heterocycles. The number of esters is 1. The van der Waals surface area contributed by atoms with Crippen molar-refractivity contribution in [2.45, 2.75) is 20.8 Å². The highest BCUT2D eigenvalue weighted by atomic mass is 16.5. The first-order valence-electron chi connectivity index (χ1n) is 3.97. The maximum Gasteiger partial charge on any atom is 0.324 e. The Morgan fingerprint density at radius 1 is 1.54 bits per heavy atom. The summed E-state index contributed by atoms with van der Waals surface area (Å²) in [5.41, 5.74) is -0.999. The predicted octanol–water partition coefficient (Wildman–Crippen LogP) is 1.24. The van der Waals surface area contributed by atoms with E-state index in [4.69, 9.17) is 10.5 Å². The molecule has 0 aliphatic heterocycles. The van der Waals surface area contributed by atoms with Gasteiger partial charge in [-0.2, -0.15) is 10.5 Å². The first-order valence-corrected chi connectivity index (χ1v) is 3.97. The van der Waals surface area contributed by atoms with Crippen molar-refractivity contribution < 1.29 is 9.53 Å². The van der Waals surface area contributed by atoms with Gasteiger partial charge in [-0.1, -0.05) is 0 Å². The fraction of sp³-hybridized carbons (Fsp3) is 0.667. The summed E-state index contributed by atoms with van der Waals surface area (Å²) in [6.07, 6.45) is 0. The molecule has 0 N–H and O–H groups in total. The minimum absolute atomic E-state index is 0.221. The lowest BCUT2D eigenvalue weighted by atomic mass is 9.81. The van der Waals surface area contributed by atoms with Crippen LogP contribution >= 0.6 is 0 Å². The minimum Gasteiger partial charge on any atom is -0.465 e. The number of carbonyl (C=O) groups excluding carboxylic acids is 1. The highest BCUT2D eigenvalue weighted by Crippen LogP contribution is 2.26. The lowest BCUT2D eigenvalue weighted by molar-refractivity contribution is -0.148. The summed E-state index contributed by atoms with van der Waals surface area (Å²) in [6.45, 7) is 4.96. The third-order valence-electron chi connectivity index (χ3n) is 1.66. The van der Waals surface area contributed by atoms with E-state index in [1.165, 1.54) is 13.8 Å². The number of hydrogen-bond acceptors (Lipinski definition) is 4. The Bertz CT molecular complexity index is 270. The van der Waals surface area contributed by atoms with Crippen LogP contribution in [0.25, 0.3) is 0 Å². The third-order valence-corrected chi connectivity index (χ3v) is 1.66. The molecule has 0 aromatic rings. The summed E-state index contributed by atoms with van der Waals surface area (Å²) in [6, 6.07) is 3.69. The number of ether oxygens (including phenoxy) is 1. The van der Waals surface area contributed by atoms with Crippen LogP contribution in [0, 0.1) is 34.0 Å². The molecule has 0 saturated carbocycles. The molecule has 0 aliphatic carbocycles. The molecule has 4 heteroatoms. The normalized spacial score (nSPS) is 12.4. The van der Waals surface area contributed by atoms with Crippen molar-refractivity contribution in [3.63, 3.8) is 0 Å². The van der Waals surface area contributed by atoms with Gasteiger partial charge >= 0.3 is 5.97 Å². The standard InChI is InChI=1S/C9H12N2O2/c1-4-13-8(12)7(5-10)9(2,3)6-11/h7H,4H2,1-3H3/t7-/m1/s1. The molecule has 0 rings (SSSR count). The van der Waals surface area contributed by atoms with Crippen molar-refractivity contribution in [1.82, 2.24) is 0 Å². The topological polar surface area (TPSA) is 73.9 Å². The second-order valence-electron chi connectivity index (χ2n) is 3.15. The number of rotatable bonds is 3. The molecule has 0 amide bonds. The molecule has 0 heterocycles. The second-order valence-corrected chi connectivity index (χ2v) is 3.15. The van der Waals surface area contributed by atoms with Crippen molar-refractivity contribution in [3.8, 4) is 12.1 Å². The molecule has 1 atom stereocenters. The van der Waals surface area contributed by atoms with Gasteiger partial charge < -0.3 is 4.74 Å². The molecule has 0 unspecified atom stereocenters. The average Bonchev–Trinajstić information content (AvgIpc) is 2.05. The third kappa shape index (κ3) is 2.76. The monoisotopic (exact) mass is 180 g/mol. The van der Waals surface area contributed by atoms with Gasteiger partial charge in [-0.05, 0) is 20.8 Å². The maximum absolute atomic E-state index is 11.2. The molecular weight excluding hydrogens is 168 g/mol. The molecule has 0 fully saturated rings. The molecule has 0 radical (unpaired) electrons. The lowest BCUT2D eigenvalue weighted by Gasteiger charge is -2.19. The zero-order chi connectivity index (χ0) is 10.5. The zero-order valence-electron chi connectivity index (χ0n) is 8.00. The summed E-state index contributed by atoms with van der Waals surface area (Å²) in [4.78, 5) is 11.2. The van der Waals surface area contributed by atoms with Crippen molar-refractivity contribution >= 4 is 5.97 Å². The summed E-state index contributed by atoms with van der Waals surface area (Å²) >= 11 is 0. The number of carbonyl (C=O) groups is 1. The van der Waals surface area contributed by atoms with E-state index < -0.39 is 17.3 Å². The van der Waals surface area contributed by atoms with Crippen LogP contribution in [0.1, 0.15) is 20.8 Å². The van der Waals surface area contributed by atoms with Gasteiger partial charge in [0.1, 0.15) is 0 Å². The van der Waals surface area contributed by atoms with Crippen molar-refractivity contribution in [3.05, 3.63) is 0 Å². The SMILES string of the molecule is CCOC(=O)[C@@H](C#N)C(C)(C)C#N. The Morgan fingerprint density at radius 3 is 2.38 bits per heavy atom. The Kier molecular flexibility index (Phi) is 3.94. The molecular formula is C9H12N2O2. The second kappa shape index (κ2) is 4.47. The smallest absolute Gasteiger partial charge is 0.324 e. The van der Waals surface area contributed by atoms with Crippen LogP contribution in [-0.2, 0) is 9.53 Å². The quantitative estimate of drug-likeness (QED) is 0.612. The van der Waals surface area contributed by atoms with Crippen molar-refractivity contribution in [1.29, 1.82) is 10.5 Å². The number of nitriles is 2. The summed E-state index contributed by atoms with van der Waals surface area (Å²) in [5.74, 6) is -1.64. The van der Waals surface area contributed by atoms with E-state index in [-0.39, 0.29) is 6.61 Å². The highest BCUT2D eigenvalue weighted by molar-refractivity contribution is 5.76. The van der Waals surface area contributed by atoms with Crippen LogP contribution in [0.15, 0.2) is 0 Å². The zero-order valence-corrected chi connectivity index (χ0v) is 8.00. The van der Waals surface area contributed by atoms with Crippen LogP contribution in [0.5, 0.6) is 0 Å². The van der Waals surface area contributed by atoms with E-state index >= 15 is 0 Å². The van der Waals surface area contributed by atoms with Gasteiger partial charge in [0.05, 0.1) is 24.2 Å². The Balaban J connectivity index is 4.66.